The Labute approximate surface area is 163 Å². The van der Waals surface area contributed by atoms with Gasteiger partial charge in [-0.15, -0.1) is 0 Å². The molecular weight excluding hydrogens is 344 g/mol. The summed E-state index contributed by atoms with van der Waals surface area (Å²) in [4.78, 5) is 11.2. The quantitative estimate of drug-likeness (QED) is 0.226. The van der Waals surface area contributed by atoms with Crippen LogP contribution in [0.15, 0.2) is 42.5 Å². The minimum Gasteiger partial charge on any atom is -0.494 e. The van der Waals surface area contributed by atoms with Gasteiger partial charge >= 0.3 is 5.97 Å². The van der Waals surface area contributed by atoms with Crippen molar-refractivity contribution in [1.29, 1.82) is 0 Å². The van der Waals surface area contributed by atoms with E-state index in [0.29, 0.717) is 18.8 Å². The normalized spacial score (nSPS) is 10.6. The standard InChI is InChI=1S/C22H34O5/c1-20(2)22(23)27-19-11-9-17-25-15-7-6-14-24-16-8-10-18-26-21-12-4-3-5-13-21/h3-5,12-13H,1,6-11,14-19H2,2H3. The van der Waals surface area contributed by atoms with Gasteiger partial charge in [0.05, 0.1) is 13.2 Å². The smallest absolute Gasteiger partial charge is 0.333 e. The van der Waals surface area contributed by atoms with E-state index >= 15 is 0 Å². The van der Waals surface area contributed by atoms with Crippen molar-refractivity contribution in [3.05, 3.63) is 42.5 Å². The number of rotatable bonds is 17. The molecule has 27 heavy (non-hydrogen) atoms. The van der Waals surface area contributed by atoms with Crippen LogP contribution in [0.1, 0.15) is 45.4 Å². The number of para-hydroxylation sites is 1. The fourth-order valence-corrected chi connectivity index (χ4v) is 2.22. The molecule has 1 aromatic carbocycles. The first kappa shape index (κ1) is 23.2. The maximum absolute atomic E-state index is 11.2. The predicted octanol–water partition coefficient (Wildman–Crippen LogP) is 4.56. The van der Waals surface area contributed by atoms with Crippen LogP contribution in [0.25, 0.3) is 0 Å². The summed E-state index contributed by atoms with van der Waals surface area (Å²) in [6, 6.07) is 9.87. The van der Waals surface area contributed by atoms with E-state index in [1.54, 1.807) is 6.92 Å². The largest absolute Gasteiger partial charge is 0.494 e. The molecule has 152 valence electrons. The third-order valence-electron chi connectivity index (χ3n) is 3.79. The SMILES string of the molecule is C=C(C)C(=O)OCCCCOCCCCOCCCCOc1ccccc1. The Morgan fingerprint density at radius 2 is 1.26 bits per heavy atom. The lowest BCUT2D eigenvalue weighted by Gasteiger charge is -2.07. The third kappa shape index (κ3) is 13.9. The Bertz CT molecular complexity index is 501. The van der Waals surface area contributed by atoms with E-state index in [0.717, 1.165) is 70.7 Å². The first-order chi connectivity index (χ1) is 13.2. The van der Waals surface area contributed by atoms with Crippen LogP contribution in [0.5, 0.6) is 5.75 Å². The summed E-state index contributed by atoms with van der Waals surface area (Å²) in [5, 5.41) is 0. The summed E-state index contributed by atoms with van der Waals surface area (Å²) < 4.78 is 21.8. The summed E-state index contributed by atoms with van der Waals surface area (Å²) in [6.45, 7) is 9.36. The van der Waals surface area contributed by atoms with Crippen molar-refractivity contribution in [3.8, 4) is 5.75 Å². The molecule has 1 aromatic rings. The van der Waals surface area contributed by atoms with E-state index in [4.69, 9.17) is 18.9 Å². The zero-order valence-corrected chi connectivity index (χ0v) is 16.6. The van der Waals surface area contributed by atoms with Crippen LogP contribution >= 0.6 is 0 Å². The Hall–Kier alpha value is -1.85. The van der Waals surface area contributed by atoms with Crippen LogP contribution in [0.4, 0.5) is 0 Å². The first-order valence-corrected chi connectivity index (χ1v) is 9.86. The first-order valence-electron chi connectivity index (χ1n) is 9.86. The molecular formula is C22H34O5. The van der Waals surface area contributed by atoms with Crippen molar-refractivity contribution in [2.24, 2.45) is 0 Å². The zero-order valence-electron chi connectivity index (χ0n) is 16.6. The fourth-order valence-electron chi connectivity index (χ4n) is 2.22. The van der Waals surface area contributed by atoms with Crippen LogP contribution in [0.2, 0.25) is 0 Å². The molecule has 0 spiro atoms. The summed E-state index contributed by atoms with van der Waals surface area (Å²) in [5.41, 5.74) is 0.439. The monoisotopic (exact) mass is 378 g/mol. The fraction of sp³-hybridized carbons (Fsp3) is 0.591. The number of carbonyl (C=O) groups is 1. The van der Waals surface area contributed by atoms with Gasteiger partial charge in [-0.2, -0.15) is 0 Å². The summed E-state index contributed by atoms with van der Waals surface area (Å²) in [5.74, 6) is 0.603. The number of carbonyl (C=O) groups excluding carboxylic acids is 1. The zero-order chi connectivity index (χ0) is 19.6. The molecule has 0 saturated carbocycles. The molecule has 0 atom stereocenters. The maximum Gasteiger partial charge on any atom is 0.333 e. The number of benzene rings is 1. The van der Waals surface area contributed by atoms with Gasteiger partial charge in [-0.1, -0.05) is 24.8 Å². The molecule has 0 bridgehead atoms. The highest BCUT2D eigenvalue weighted by molar-refractivity contribution is 5.86. The van der Waals surface area contributed by atoms with E-state index < -0.39 is 0 Å². The van der Waals surface area contributed by atoms with E-state index in [2.05, 4.69) is 6.58 Å². The number of hydrogen-bond acceptors (Lipinski definition) is 5. The average molecular weight is 379 g/mol. The summed E-state index contributed by atoms with van der Waals surface area (Å²) in [7, 11) is 0. The minimum absolute atomic E-state index is 0.320. The number of esters is 1. The highest BCUT2D eigenvalue weighted by Gasteiger charge is 2.01. The molecule has 0 unspecified atom stereocenters. The second-order valence-electron chi connectivity index (χ2n) is 6.42. The van der Waals surface area contributed by atoms with Crippen molar-refractivity contribution >= 4 is 5.97 Å². The lowest BCUT2D eigenvalue weighted by molar-refractivity contribution is -0.139. The van der Waals surface area contributed by atoms with Gasteiger partial charge in [-0.25, -0.2) is 4.79 Å². The van der Waals surface area contributed by atoms with Crippen molar-refractivity contribution in [2.75, 3.05) is 39.6 Å². The van der Waals surface area contributed by atoms with Crippen LogP contribution in [-0.4, -0.2) is 45.6 Å². The Kier molecular flexibility index (Phi) is 14.0. The van der Waals surface area contributed by atoms with Gasteiger partial charge in [0.15, 0.2) is 0 Å². The van der Waals surface area contributed by atoms with E-state index in [1.807, 2.05) is 30.3 Å². The van der Waals surface area contributed by atoms with Crippen molar-refractivity contribution in [1.82, 2.24) is 0 Å². The van der Waals surface area contributed by atoms with E-state index in [9.17, 15) is 4.79 Å². The van der Waals surface area contributed by atoms with Crippen LogP contribution in [-0.2, 0) is 19.0 Å². The molecule has 0 aliphatic heterocycles. The molecule has 0 aromatic heterocycles. The molecule has 0 heterocycles. The Morgan fingerprint density at radius 1 is 0.778 bits per heavy atom. The second kappa shape index (κ2) is 16.3. The lowest BCUT2D eigenvalue weighted by atomic mass is 10.3. The molecule has 5 heteroatoms. The van der Waals surface area contributed by atoms with Crippen molar-refractivity contribution in [3.63, 3.8) is 0 Å². The third-order valence-corrected chi connectivity index (χ3v) is 3.79. The average Bonchev–Trinajstić information content (AvgIpc) is 2.68. The lowest BCUT2D eigenvalue weighted by Crippen LogP contribution is -2.07. The molecule has 5 nitrogen and oxygen atoms in total. The topological polar surface area (TPSA) is 54.0 Å². The van der Waals surface area contributed by atoms with Gasteiger partial charge in [0, 0.05) is 32.0 Å². The van der Waals surface area contributed by atoms with Gasteiger partial charge in [0.25, 0.3) is 0 Å². The van der Waals surface area contributed by atoms with Crippen LogP contribution in [0.3, 0.4) is 0 Å². The Morgan fingerprint density at radius 3 is 1.78 bits per heavy atom. The van der Waals surface area contributed by atoms with Gasteiger partial charge < -0.3 is 18.9 Å². The van der Waals surface area contributed by atoms with E-state index in [1.165, 1.54) is 0 Å². The summed E-state index contributed by atoms with van der Waals surface area (Å²) in [6.07, 6.45) is 5.73. The van der Waals surface area contributed by atoms with Gasteiger partial charge in [0.1, 0.15) is 5.75 Å². The Balaban J connectivity index is 1.73. The molecule has 0 saturated heterocycles. The van der Waals surface area contributed by atoms with Crippen LogP contribution < -0.4 is 4.74 Å². The minimum atomic E-state index is -0.320. The molecule has 1 rings (SSSR count). The van der Waals surface area contributed by atoms with Gasteiger partial charge in [-0.05, 0) is 57.6 Å². The van der Waals surface area contributed by atoms with Gasteiger partial charge in [0.2, 0.25) is 0 Å². The predicted molar refractivity (Wildman–Crippen MR) is 107 cm³/mol. The highest BCUT2D eigenvalue weighted by Crippen LogP contribution is 2.08. The van der Waals surface area contributed by atoms with E-state index in [-0.39, 0.29) is 5.97 Å². The molecule has 0 aliphatic rings. The molecule has 0 N–H and O–H groups in total. The molecule has 0 amide bonds. The highest BCUT2D eigenvalue weighted by atomic mass is 16.5. The number of unbranched alkanes of at least 4 members (excludes halogenated alkanes) is 3. The maximum atomic E-state index is 11.2. The number of ether oxygens (including phenoxy) is 4. The second-order valence-corrected chi connectivity index (χ2v) is 6.42. The molecule has 0 aliphatic carbocycles. The van der Waals surface area contributed by atoms with Crippen molar-refractivity contribution < 1.29 is 23.7 Å². The summed E-state index contributed by atoms with van der Waals surface area (Å²) >= 11 is 0. The van der Waals surface area contributed by atoms with Crippen molar-refractivity contribution in [2.45, 2.75) is 45.4 Å². The molecule has 0 radical (unpaired) electrons. The van der Waals surface area contributed by atoms with Crippen LogP contribution in [0, 0.1) is 0 Å². The molecule has 0 fully saturated rings. The van der Waals surface area contributed by atoms with Gasteiger partial charge in [-0.3, -0.25) is 0 Å². The number of hydrogen-bond donors (Lipinski definition) is 0.